The van der Waals surface area contributed by atoms with Gasteiger partial charge in [-0.2, -0.15) is 0 Å². The van der Waals surface area contributed by atoms with Crippen molar-refractivity contribution >= 4 is 5.91 Å². The third-order valence-electron chi connectivity index (χ3n) is 4.08. The first kappa shape index (κ1) is 16.5. The Morgan fingerprint density at radius 3 is 2.92 bits per heavy atom. The fourth-order valence-electron chi connectivity index (χ4n) is 2.74. The molecule has 0 saturated carbocycles. The van der Waals surface area contributed by atoms with Gasteiger partial charge in [0.05, 0.1) is 6.04 Å². The van der Waals surface area contributed by atoms with Crippen molar-refractivity contribution in [1.82, 2.24) is 15.2 Å². The predicted octanol–water partition coefficient (Wildman–Crippen LogP) is 1.06. The van der Waals surface area contributed by atoms with Gasteiger partial charge in [0.25, 0.3) is 5.91 Å². The predicted molar refractivity (Wildman–Crippen MR) is 88.6 cm³/mol. The number of phenolic OH excluding ortho intramolecular Hbond substituents is 1. The van der Waals surface area contributed by atoms with Gasteiger partial charge in [0.1, 0.15) is 12.0 Å². The molecular formula is C17H22N4O3. The molecule has 1 aromatic carbocycles. The van der Waals surface area contributed by atoms with E-state index in [-0.39, 0.29) is 11.7 Å². The summed E-state index contributed by atoms with van der Waals surface area (Å²) in [5.41, 5.74) is 7.39. The summed E-state index contributed by atoms with van der Waals surface area (Å²) in [7, 11) is 0. The van der Waals surface area contributed by atoms with E-state index in [1.54, 1.807) is 29.2 Å². The van der Waals surface area contributed by atoms with Crippen LogP contribution in [0.3, 0.4) is 0 Å². The fraction of sp³-hybridized carbons (Fsp3) is 0.412. The molecule has 0 spiro atoms. The van der Waals surface area contributed by atoms with Crippen molar-refractivity contribution in [2.45, 2.75) is 18.9 Å². The minimum absolute atomic E-state index is 0.120. The second-order valence-electron chi connectivity index (χ2n) is 5.94. The Hall–Kier alpha value is -2.38. The van der Waals surface area contributed by atoms with Crippen LogP contribution in [0.2, 0.25) is 0 Å². The molecular weight excluding hydrogens is 308 g/mol. The molecule has 0 radical (unpaired) electrons. The number of oxazole rings is 1. The molecule has 7 heteroatoms. The van der Waals surface area contributed by atoms with Crippen molar-refractivity contribution in [2.75, 3.05) is 26.2 Å². The monoisotopic (exact) mass is 330 g/mol. The molecule has 1 saturated heterocycles. The van der Waals surface area contributed by atoms with E-state index in [2.05, 4.69) is 10.3 Å². The molecule has 0 aliphatic carbocycles. The van der Waals surface area contributed by atoms with Crippen molar-refractivity contribution in [3.05, 3.63) is 47.7 Å². The molecule has 1 atom stereocenters. The van der Waals surface area contributed by atoms with Gasteiger partial charge in [-0.1, -0.05) is 12.1 Å². The largest absolute Gasteiger partial charge is 0.508 e. The molecule has 4 N–H and O–H groups in total. The van der Waals surface area contributed by atoms with Crippen LogP contribution in [0.25, 0.3) is 0 Å². The molecule has 1 amide bonds. The fourth-order valence-corrected chi connectivity index (χ4v) is 2.74. The molecule has 1 aliphatic heterocycles. The molecule has 2 heterocycles. The molecule has 1 fully saturated rings. The highest BCUT2D eigenvalue weighted by Crippen LogP contribution is 2.18. The Bertz CT molecular complexity index is 675. The summed E-state index contributed by atoms with van der Waals surface area (Å²) in [6.07, 6.45) is 2.82. The van der Waals surface area contributed by atoms with Gasteiger partial charge in [-0.05, 0) is 37.1 Å². The van der Waals surface area contributed by atoms with Crippen LogP contribution < -0.4 is 11.1 Å². The molecule has 2 aromatic rings. The van der Waals surface area contributed by atoms with Crippen LogP contribution in [0.4, 0.5) is 0 Å². The Kier molecular flexibility index (Phi) is 5.12. The Labute approximate surface area is 140 Å². The van der Waals surface area contributed by atoms with E-state index in [4.69, 9.17) is 10.2 Å². The zero-order chi connectivity index (χ0) is 16.9. The van der Waals surface area contributed by atoms with Crippen molar-refractivity contribution in [1.29, 1.82) is 0 Å². The summed E-state index contributed by atoms with van der Waals surface area (Å²) in [6, 6.07) is 6.38. The second kappa shape index (κ2) is 7.46. The van der Waals surface area contributed by atoms with Gasteiger partial charge in [0.2, 0.25) is 5.89 Å². The minimum Gasteiger partial charge on any atom is -0.508 e. The quantitative estimate of drug-likeness (QED) is 0.774. The summed E-state index contributed by atoms with van der Waals surface area (Å²) < 4.78 is 5.42. The molecule has 128 valence electrons. The van der Waals surface area contributed by atoms with E-state index in [9.17, 15) is 9.90 Å². The summed E-state index contributed by atoms with van der Waals surface area (Å²) >= 11 is 0. The third kappa shape index (κ3) is 3.93. The van der Waals surface area contributed by atoms with Crippen molar-refractivity contribution in [2.24, 2.45) is 5.73 Å². The third-order valence-corrected chi connectivity index (χ3v) is 4.08. The van der Waals surface area contributed by atoms with E-state index >= 15 is 0 Å². The maximum absolute atomic E-state index is 12.5. The first-order valence-electron chi connectivity index (χ1n) is 8.12. The lowest BCUT2D eigenvalue weighted by molar-refractivity contribution is 0.0760. The number of aromatic hydroxyl groups is 1. The van der Waals surface area contributed by atoms with Crippen LogP contribution in [0.15, 0.2) is 34.9 Å². The highest BCUT2D eigenvalue weighted by Gasteiger charge is 2.22. The zero-order valence-electron chi connectivity index (χ0n) is 13.4. The standard InChI is InChI=1S/C17H22N4O3/c18-14(10-12-2-4-13(22)5-3-12)16-20-15(11-24-16)17(23)21-8-1-6-19-7-9-21/h2-5,11,14,19,22H,1,6-10,18H2. The Balaban J connectivity index is 1.65. The van der Waals surface area contributed by atoms with Gasteiger partial charge in [-0.25, -0.2) is 4.98 Å². The number of nitrogens with zero attached hydrogens (tertiary/aromatic N) is 2. The van der Waals surface area contributed by atoms with Crippen LogP contribution in [0, 0.1) is 0 Å². The molecule has 1 aromatic heterocycles. The smallest absolute Gasteiger partial charge is 0.275 e. The maximum atomic E-state index is 12.5. The van der Waals surface area contributed by atoms with E-state index < -0.39 is 6.04 Å². The average molecular weight is 330 g/mol. The number of carbonyl (C=O) groups excluding carboxylic acids is 1. The summed E-state index contributed by atoms with van der Waals surface area (Å²) in [5.74, 6) is 0.438. The van der Waals surface area contributed by atoms with Gasteiger partial charge in [-0.3, -0.25) is 4.79 Å². The lowest BCUT2D eigenvalue weighted by Gasteiger charge is -2.18. The van der Waals surface area contributed by atoms with Gasteiger partial charge in [0.15, 0.2) is 5.69 Å². The van der Waals surface area contributed by atoms with Crippen molar-refractivity contribution < 1.29 is 14.3 Å². The number of nitrogens with two attached hydrogens (primary N) is 1. The van der Waals surface area contributed by atoms with Crippen LogP contribution in [-0.4, -0.2) is 47.1 Å². The van der Waals surface area contributed by atoms with Crippen LogP contribution in [0.5, 0.6) is 5.75 Å². The number of nitrogens with one attached hydrogen (secondary N) is 1. The topological polar surface area (TPSA) is 105 Å². The molecule has 1 unspecified atom stereocenters. The van der Waals surface area contributed by atoms with E-state index in [0.717, 1.165) is 25.1 Å². The van der Waals surface area contributed by atoms with Gasteiger partial charge >= 0.3 is 0 Å². The minimum atomic E-state index is -0.443. The van der Waals surface area contributed by atoms with Crippen LogP contribution >= 0.6 is 0 Å². The number of amides is 1. The van der Waals surface area contributed by atoms with E-state index in [1.807, 2.05) is 0 Å². The lowest BCUT2D eigenvalue weighted by Crippen LogP contribution is -2.34. The molecule has 3 rings (SSSR count). The number of carbonyl (C=O) groups is 1. The van der Waals surface area contributed by atoms with Crippen molar-refractivity contribution in [3.63, 3.8) is 0 Å². The lowest BCUT2D eigenvalue weighted by atomic mass is 10.1. The highest BCUT2D eigenvalue weighted by molar-refractivity contribution is 5.92. The number of phenols is 1. The molecule has 1 aliphatic rings. The van der Waals surface area contributed by atoms with Gasteiger partial charge in [0, 0.05) is 19.6 Å². The SMILES string of the molecule is NC(Cc1ccc(O)cc1)c1nc(C(=O)N2CCCNCC2)co1. The number of hydrogen-bond acceptors (Lipinski definition) is 6. The van der Waals surface area contributed by atoms with E-state index in [1.165, 1.54) is 6.26 Å². The first-order chi connectivity index (χ1) is 11.6. The molecule has 7 nitrogen and oxygen atoms in total. The maximum Gasteiger partial charge on any atom is 0.275 e. The second-order valence-corrected chi connectivity index (χ2v) is 5.94. The summed E-state index contributed by atoms with van der Waals surface area (Å²) in [4.78, 5) is 18.6. The normalized spacial score (nSPS) is 16.6. The van der Waals surface area contributed by atoms with Gasteiger partial charge in [-0.15, -0.1) is 0 Å². The van der Waals surface area contributed by atoms with E-state index in [0.29, 0.717) is 31.1 Å². The molecule has 0 bridgehead atoms. The van der Waals surface area contributed by atoms with Crippen molar-refractivity contribution in [3.8, 4) is 5.75 Å². The average Bonchev–Trinajstić information content (AvgIpc) is 2.92. The Morgan fingerprint density at radius 2 is 2.12 bits per heavy atom. The van der Waals surface area contributed by atoms with Gasteiger partial charge < -0.3 is 25.5 Å². The summed E-state index contributed by atoms with van der Waals surface area (Å²) in [5, 5.41) is 12.6. The summed E-state index contributed by atoms with van der Waals surface area (Å²) in [6.45, 7) is 3.09. The number of hydrogen-bond donors (Lipinski definition) is 3. The number of benzene rings is 1. The Morgan fingerprint density at radius 1 is 1.33 bits per heavy atom. The zero-order valence-corrected chi connectivity index (χ0v) is 13.4. The van der Waals surface area contributed by atoms with Crippen LogP contribution in [0.1, 0.15) is 34.4 Å². The number of rotatable bonds is 4. The van der Waals surface area contributed by atoms with Crippen LogP contribution in [-0.2, 0) is 6.42 Å². The molecule has 24 heavy (non-hydrogen) atoms. The first-order valence-corrected chi connectivity index (χ1v) is 8.12. The highest BCUT2D eigenvalue weighted by atomic mass is 16.3. The number of aromatic nitrogens is 1.